The van der Waals surface area contributed by atoms with E-state index < -0.39 is 0 Å². The first kappa shape index (κ1) is 21.2. The number of rotatable bonds is 3. The smallest absolute Gasteiger partial charge is 0.225 e. The number of amides is 1. The quantitative estimate of drug-likeness (QED) is 0.846. The molecular weight excluding hydrogens is 349 g/mol. The predicted molar refractivity (Wildman–Crippen MR) is 98.5 cm³/mol. The Bertz CT molecular complexity index is 547. The zero-order chi connectivity index (χ0) is 15.6. The molecule has 3 rings (SSSR count). The van der Waals surface area contributed by atoms with Crippen LogP contribution in [0.25, 0.3) is 0 Å². The number of halogens is 2. The lowest BCUT2D eigenvalue weighted by Crippen LogP contribution is -2.52. The molecule has 2 heterocycles. The summed E-state index contributed by atoms with van der Waals surface area (Å²) in [5.41, 5.74) is 5.92. The number of aryl methyl sites for hydroxylation is 1. The van der Waals surface area contributed by atoms with Crippen molar-refractivity contribution in [1.29, 1.82) is 0 Å². The van der Waals surface area contributed by atoms with E-state index in [-0.39, 0.29) is 42.2 Å². The Morgan fingerprint density at radius 2 is 2.04 bits per heavy atom. The van der Waals surface area contributed by atoms with Crippen LogP contribution in [0.3, 0.4) is 0 Å². The van der Waals surface area contributed by atoms with Crippen molar-refractivity contribution in [2.45, 2.75) is 76.9 Å². The van der Waals surface area contributed by atoms with Gasteiger partial charge >= 0.3 is 0 Å². The number of hydrogen-bond acceptors (Lipinski definition) is 4. The summed E-state index contributed by atoms with van der Waals surface area (Å²) in [4.78, 5) is 12.5. The van der Waals surface area contributed by atoms with E-state index in [2.05, 4.69) is 20.1 Å². The first-order valence-corrected chi connectivity index (χ1v) is 8.55. The van der Waals surface area contributed by atoms with Gasteiger partial charge in [-0.1, -0.05) is 19.3 Å². The molecule has 0 spiro atoms. The first-order valence-electron chi connectivity index (χ1n) is 8.55. The zero-order valence-electron chi connectivity index (χ0n) is 14.3. The van der Waals surface area contributed by atoms with E-state index in [1.807, 2.05) is 6.92 Å². The number of fused-ring (bicyclic) bond motifs is 1. The van der Waals surface area contributed by atoms with Crippen LogP contribution in [-0.4, -0.2) is 26.2 Å². The number of carbonyl (C=O) groups is 1. The molecule has 1 aromatic heterocycles. The number of aromatic nitrogens is 3. The van der Waals surface area contributed by atoms with Crippen molar-refractivity contribution in [3.05, 3.63) is 11.6 Å². The summed E-state index contributed by atoms with van der Waals surface area (Å²) in [6, 6.07) is 0. The van der Waals surface area contributed by atoms with Crippen LogP contribution < -0.4 is 11.1 Å². The Labute approximate surface area is 156 Å². The fourth-order valence-corrected chi connectivity index (χ4v) is 3.75. The Kier molecular flexibility index (Phi) is 7.96. The largest absolute Gasteiger partial charge is 0.348 e. The minimum atomic E-state index is -0.385. The number of carbonyl (C=O) groups excluding carboxylic acids is 1. The Morgan fingerprint density at radius 1 is 1.25 bits per heavy atom. The van der Waals surface area contributed by atoms with Gasteiger partial charge in [0.1, 0.15) is 5.82 Å². The molecule has 0 bridgehead atoms. The summed E-state index contributed by atoms with van der Waals surface area (Å²) >= 11 is 0. The molecule has 2 unspecified atom stereocenters. The van der Waals surface area contributed by atoms with E-state index in [0.717, 1.165) is 56.7 Å². The molecule has 0 radical (unpaired) electrons. The molecule has 1 saturated carbocycles. The van der Waals surface area contributed by atoms with E-state index in [1.165, 1.54) is 12.8 Å². The van der Waals surface area contributed by atoms with Crippen LogP contribution in [0.5, 0.6) is 0 Å². The third-order valence-corrected chi connectivity index (χ3v) is 5.18. The highest BCUT2D eigenvalue weighted by atomic mass is 35.5. The maximum Gasteiger partial charge on any atom is 0.225 e. The first-order chi connectivity index (χ1) is 10.6. The third kappa shape index (κ3) is 4.61. The van der Waals surface area contributed by atoms with Crippen LogP contribution in [0.4, 0.5) is 0 Å². The van der Waals surface area contributed by atoms with Gasteiger partial charge in [0.2, 0.25) is 5.91 Å². The minimum Gasteiger partial charge on any atom is -0.348 e. The molecular formula is C16H29Cl2N5O. The molecule has 6 nitrogen and oxygen atoms in total. The molecule has 2 aliphatic rings. The molecule has 2 atom stereocenters. The highest BCUT2D eigenvalue weighted by molar-refractivity contribution is 5.85. The van der Waals surface area contributed by atoms with Gasteiger partial charge in [-0.25, -0.2) is 0 Å². The van der Waals surface area contributed by atoms with Crippen LogP contribution in [0.15, 0.2) is 0 Å². The van der Waals surface area contributed by atoms with Gasteiger partial charge in [0.05, 0.1) is 12.5 Å². The van der Waals surface area contributed by atoms with Crippen molar-refractivity contribution in [3.63, 3.8) is 0 Å². The molecule has 0 aromatic carbocycles. The summed E-state index contributed by atoms with van der Waals surface area (Å²) in [5.74, 6) is 1.91. The summed E-state index contributed by atoms with van der Waals surface area (Å²) in [7, 11) is 0. The van der Waals surface area contributed by atoms with Crippen LogP contribution in [0, 0.1) is 5.92 Å². The fraction of sp³-hybridized carbons (Fsp3) is 0.812. The Balaban J connectivity index is 0.00000144. The van der Waals surface area contributed by atoms with Gasteiger partial charge in [0, 0.05) is 18.5 Å². The van der Waals surface area contributed by atoms with Crippen LogP contribution in [0.1, 0.15) is 63.5 Å². The lowest BCUT2D eigenvalue weighted by atomic mass is 9.74. The SMILES string of the molecule is CC1(N)CCCCC1C(=O)NCc1nnc2n1CCCCC2.Cl.Cl. The topological polar surface area (TPSA) is 85.8 Å². The molecule has 138 valence electrons. The van der Waals surface area contributed by atoms with Crippen molar-refractivity contribution in [1.82, 2.24) is 20.1 Å². The van der Waals surface area contributed by atoms with E-state index in [9.17, 15) is 4.79 Å². The second kappa shape index (κ2) is 9.02. The second-order valence-electron chi connectivity index (χ2n) is 7.02. The molecule has 1 fully saturated rings. The lowest BCUT2D eigenvalue weighted by molar-refractivity contribution is -0.128. The molecule has 24 heavy (non-hydrogen) atoms. The summed E-state index contributed by atoms with van der Waals surface area (Å²) in [6.45, 7) is 3.42. The van der Waals surface area contributed by atoms with Crippen molar-refractivity contribution >= 4 is 30.7 Å². The minimum absolute atomic E-state index is 0. The molecule has 1 aromatic rings. The highest BCUT2D eigenvalue weighted by Gasteiger charge is 2.37. The lowest BCUT2D eigenvalue weighted by Gasteiger charge is -2.37. The maximum absolute atomic E-state index is 12.5. The van der Waals surface area contributed by atoms with E-state index in [1.54, 1.807) is 0 Å². The van der Waals surface area contributed by atoms with Gasteiger partial charge in [-0.2, -0.15) is 0 Å². The molecule has 1 aliphatic heterocycles. The van der Waals surface area contributed by atoms with E-state index in [4.69, 9.17) is 5.73 Å². The Hall–Kier alpha value is -0.850. The summed E-state index contributed by atoms with van der Waals surface area (Å²) in [5, 5.41) is 11.6. The highest BCUT2D eigenvalue weighted by Crippen LogP contribution is 2.31. The normalized spacial score (nSPS) is 26.3. The molecule has 3 N–H and O–H groups in total. The maximum atomic E-state index is 12.5. The van der Waals surface area contributed by atoms with Crippen molar-refractivity contribution in [3.8, 4) is 0 Å². The number of nitrogens with two attached hydrogens (primary N) is 1. The molecule has 1 aliphatic carbocycles. The van der Waals surface area contributed by atoms with Gasteiger partial charge in [-0.15, -0.1) is 35.0 Å². The van der Waals surface area contributed by atoms with Crippen molar-refractivity contribution in [2.75, 3.05) is 0 Å². The standard InChI is InChI=1S/C16H27N5O.2ClH/c1-16(17)9-5-4-7-12(16)15(22)18-11-14-20-19-13-8-3-2-6-10-21(13)14;;/h12H,2-11,17H2,1H3,(H,18,22);2*1H. The summed E-state index contributed by atoms with van der Waals surface area (Å²) in [6.07, 6.45) is 8.59. The Morgan fingerprint density at radius 3 is 2.79 bits per heavy atom. The fourth-order valence-electron chi connectivity index (χ4n) is 3.75. The molecule has 0 saturated heterocycles. The van der Waals surface area contributed by atoms with Crippen molar-refractivity contribution < 1.29 is 4.79 Å². The van der Waals surface area contributed by atoms with E-state index >= 15 is 0 Å². The molecule has 1 amide bonds. The number of nitrogens with one attached hydrogen (secondary N) is 1. The number of hydrogen-bond donors (Lipinski definition) is 2. The van der Waals surface area contributed by atoms with Crippen LogP contribution in [0.2, 0.25) is 0 Å². The monoisotopic (exact) mass is 377 g/mol. The van der Waals surface area contributed by atoms with E-state index in [0.29, 0.717) is 6.54 Å². The second-order valence-corrected chi connectivity index (χ2v) is 7.02. The average molecular weight is 378 g/mol. The van der Waals surface area contributed by atoms with Gasteiger partial charge < -0.3 is 15.6 Å². The third-order valence-electron chi connectivity index (χ3n) is 5.18. The van der Waals surface area contributed by atoms with Crippen molar-refractivity contribution in [2.24, 2.45) is 11.7 Å². The van der Waals surface area contributed by atoms with Gasteiger partial charge in [-0.3, -0.25) is 4.79 Å². The van der Waals surface area contributed by atoms with Crippen LogP contribution >= 0.6 is 24.8 Å². The van der Waals surface area contributed by atoms with Gasteiger partial charge in [0.15, 0.2) is 5.82 Å². The average Bonchev–Trinajstić information content (AvgIpc) is 2.71. The molecule has 8 heteroatoms. The van der Waals surface area contributed by atoms with Gasteiger partial charge in [0.25, 0.3) is 0 Å². The van der Waals surface area contributed by atoms with Gasteiger partial charge in [-0.05, 0) is 32.6 Å². The summed E-state index contributed by atoms with van der Waals surface area (Å²) < 4.78 is 2.18. The number of nitrogens with zero attached hydrogens (tertiary/aromatic N) is 3. The van der Waals surface area contributed by atoms with Crippen LogP contribution in [-0.2, 0) is 24.3 Å². The zero-order valence-corrected chi connectivity index (χ0v) is 15.9. The predicted octanol–water partition coefficient (Wildman–Crippen LogP) is 2.37.